The van der Waals surface area contributed by atoms with Crippen LogP contribution in [0, 0.1) is 31.7 Å². The van der Waals surface area contributed by atoms with E-state index < -0.39 is 0 Å². The Bertz CT molecular complexity index is 1230. The molecule has 4 aromatic carbocycles. The second kappa shape index (κ2) is 5.28. The molecule has 3 heteroatoms. The van der Waals surface area contributed by atoms with E-state index in [1.54, 1.807) is 0 Å². The predicted octanol–water partition coefficient (Wildman–Crippen LogP) is 5.05. The van der Waals surface area contributed by atoms with Crippen molar-refractivity contribution in [3.63, 3.8) is 0 Å². The van der Waals surface area contributed by atoms with E-state index in [0.29, 0.717) is 0 Å². The molecule has 6 rings (SSSR count). The van der Waals surface area contributed by atoms with Gasteiger partial charge in [0.15, 0.2) is 0 Å². The van der Waals surface area contributed by atoms with Crippen molar-refractivity contribution in [3.8, 4) is 11.3 Å². The third-order valence-electron chi connectivity index (χ3n) is 5.21. The Morgan fingerprint density at radius 1 is 0.692 bits per heavy atom. The largest absolute Gasteiger partial charge is 0.243 e. The summed E-state index contributed by atoms with van der Waals surface area (Å²) in [6, 6.07) is 20.7. The minimum atomic E-state index is 0.893. The molecule has 0 N–H and O–H groups in total. The van der Waals surface area contributed by atoms with E-state index >= 15 is 0 Å². The lowest BCUT2D eigenvalue weighted by Gasteiger charge is -2.12. The van der Waals surface area contributed by atoms with Gasteiger partial charge < -0.3 is 0 Å². The van der Waals surface area contributed by atoms with Gasteiger partial charge in [-0.1, -0.05) is 59.8 Å². The highest BCUT2D eigenvalue weighted by Gasteiger charge is 2.21. The standard InChI is InChI=1S/C23H14N3/c1-2-7-18(6-1)26-14-21(24-25-26)19-12-10-17-9-8-15-4-3-5-16-11-13-20(19)23(17)22(15)16/h1-14H. The molecule has 121 valence electrons. The summed E-state index contributed by atoms with van der Waals surface area (Å²) in [4.78, 5) is 0. The maximum absolute atomic E-state index is 4.44. The molecule has 26 heavy (non-hydrogen) atoms. The van der Waals surface area contributed by atoms with Gasteiger partial charge in [0, 0.05) is 5.56 Å². The van der Waals surface area contributed by atoms with E-state index in [0.717, 1.165) is 17.3 Å². The molecule has 0 unspecified atom stereocenters. The second-order valence-electron chi connectivity index (χ2n) is 6.66. The molecule has 3 nitrogen and oxygen atoms in total. The van der Waals surface area contributed by atoms with Gasteiger partial charge in [-0.15, -0.1) is 5.10 Å². The minimum absolute atomic E-state index is 0.893. The predicted molar refractivity (Wildman–Crippen MR) is 105 cm³/mol. The summed E-state index contributed by atoms with van der Waals surface area (Å²) in [6.45, 7) is 0. The molecule has 0 spiro atoms. The van der Waals surface area contributed by atoms with Crippen molar-refractivity contribution < 1.29 is 0 Å². The fraction of sp³-hybridized carbons (Fsp3) is 0. The Balaban J connectivity index is 1.62. The number of nitrogens with zero attached hydrogens (tertiary/aromatic N) is 3. The molecular weight excluding hydrogens is 318 g/mol. The number of rotatable bonds is 2. The van der Waals surface area contributed by atoms with Crippen molar-refractivity contribution in [2.75, 3.05) is 0 Å². The van der Waals surface area contributed by atoms with E-state index in [4.69, 9.17) is 0 Å². The number of benzene rings is 4. The molecule has 5 aromatic rings. The molecule has 1 aromatic heterocycles. The van der Waals surface area contributed by atoms with Crippen LogP contribution in [0.2, 0.25) is 0 Å². The van der Waals surface area contributed by atoms with E-state index in [1.807, 2.05) is 36.6 Å². The lowest BCUT2D eigenvalue weighted by Crippen LogP contribution is -2.07. The maximum atomic E-state index is 4.44. The van der Waals surface area contributed by atoms with Crippen molar-refractivity contribution in [2.24, 2.45) is 0 Å². The molecule has 5 radical (unpaired) electrons. The van der Waals surface area contributed by atoms with Gasteiger partial charge in [-0.25, -0.2) is 4.68 Å². The van der Waals surface area contributed by atoms with E-state index in [9.17, 15) is 0 Å². The number of hydrogen-bond acceptors (Lipinski definition) is 2. The lowest BCUT2D eigenvalue weighted by atomic mass is 9.91. The van der Waals surface area contributed by atoms with Crippen molar-refractivity contribution in [1.82, 2.24) is 15.0 Å². The molecule has 1 aliphatic rings. The fourth-order valence-electron chi connectivity index (χ4n) is 3.99. The summed E-state index contributed by atoms with van der Waals surface area (Å²) in [6.07, 6.45) is 10.1. The maximum Gasteiger partial charge on any atom is 0.113 e. The van der Waals surface area contributed by atoms with Gasteiger partial charge in [-0.2, -0.15) is 0 Å². The van der Waals surface area contributed by atoms with Gasteiger partial charge >= 0.3 is 0 Å². The van der Waals surface area contributed by atoms with Crippen LogP contribution in [0.15, 0.2) is 60.8 Å². The molecule has 0 amide bonds. The van der Waals surface area contributed by atoms with Crippen molar-refractivity contribution in [2.45, 2.75) is 0 Å². The van der Waals surface area contributed by atoms with Gasteiger partial charge in [0.25, 0.3) is 0 Å². The first kappa shape index (κ1) is 14.3. The third-order valence-corrected chi connectivity index (χ3v) is 5.21. The number of hydrogen-bond donors (Lipinski definition) is 0. The average Bonchev–Trinajstić information content (AvgIpc) is 3.37. The van der Waals surface area contributed by atoms with Crippen LogP contribution in [0.1, 0.15) is 0 Å². The highest BCUT2D eigenvalue weighted by atomic mass is 15.4. The molecule has 1 heterocycles. The molecule has 0 aliphatic heterocycles. The molecule has 0 atom stereocenters. The zero-order valence-corrected chi connectivity index (χ0v) is 13.9. The summed E-state index contributed by atoms with van der Waals surface area (Å²) in [5.41, 5.74) is 2.01. The van der Waals surface area contributed by atoms with Gasteiger partial charge in [-0.3, -0.25) is 0 Å². The number of aromatic nitrogens is 3. The third kappa shape index (κ3) is 1.94. The Labute approximate surface area is 151 Å². The highest BCUT2D eigenvalue weighted by molar-refractivity contribution is 6.25. The van der Waals surface area contributed by atoms with Crippen LogP contribution in [0.5, 0.6) is 0 Å². The van der Waals surface area contributed by atoms with Crippen molar-refractivity contribution >= 4 is 32.3 Å². The Morgan fingerprint density at radius 3 is 2.19 bits per heavy atom. The minimum Gasteiger partial charge on any atom is -0.243 e. The molecule has 1 aliphatic carbocycles. The van der Waals surface area contributed by atoms with Crippen molar-refractivity contribution in [1.29, 1.82) is 0 Å². The SMILES string of the molecule is [CH]1[CH][CH][C](n2cc(-c3ccc4ccc5cccc6ccc3c4c56)nn2)[CH]1. The average molecular weight is 332 g/mol. The Kier molecular flexibility index (Phi) is 2.89. The van der Waals surface area contributed by atoms with Gasteiger partial charge in [0.1, 0.15) is 5.69 Å². The smallest absolute Gasteiger partial charge is 0.113 e. The van der Waals surface area contributed by atoms with E-state index in [1.165, 1.54) is 32.3 Å². The first-order chi connectivity index (χ1) is 12.9. The normalized spacial score (nSPS) is 15.7. The lowest BCUT2D eigenvalue weighted by molar-refractivity contribution is 0.706. The van der Waals surface area contributed by atoms with Crippen LogP contribution in [0.25, 0.3) is 43.6 Å². The van der Waals surface area contributed by atoms with Crippen LogP contribution in [0.3, 0.4) is 0 Å². The van der Waals surface area contributed by atoms with Crippen LogP contribution >= 0.6 is 0 Å². The summed E-state index contributed by atoms with van der Waals surface area (Å²) >= 11 is 0. The van der Waals surface area contributed by atoms with Gasteiger partial charge in [-0.05, 0) is 58.0 Å². The molecule has 1 fully saturated rings. The van der Waals surface area contributed by atoms with E-state index in [-0.39, 0.29) is 0 Å². The monoisotopic (exact) mass is 332 g/mol. The topological polar surface area (TPSA) is 30.7 Å². The quantitative estimate of drug-likeness (QED) is 0.423. The van der Waals surface area contributed by atoms with Crippen LogP contribution < -0.4 is 0 Å². The first-order valence-electron chi connectivity index (χ1n) is 8.70. The Hall–Kier alpha value is -2.94. The molecule has 0 bridgehead atoms. The summed E-state index contributed by atoms with van der Waals surface area (Å²) in [7, 11) is 0. The fourth-order valence-corrected chi connectivity index (χ4v) is 3.99. The summed E-state index contributed by atoms with van der Waals surface area (Å²) < 4.78 is 1.83. The first-order valence-corrected chi connectivity index (χ1v) is 8.70. The van der Waals surface area contributed by atoms with Crippen molar-refractivity contribution in [3.05, 3.63) is 92.5 Å². The van der Waals surface area contributed by atoms with Crippen LogP contribution in [-0.4, -0.2) is 15.0 Å². The highest BCUT2D eigenvalue weighted by Crippen LogP contribution is 2.38. The molecule has 0 saturated heterocycles. The van der Waals surface area contributed by atoms with Crippen LogP contribution in [0.4, 0.5) is 0 Å². The Morgan fingerprint density at radius 2 is 1.38 bits per heavy atom. The van der Waals surface area contributed by atoms with E-state index in [2.05, 4.69) is 64.9 Å². The van der Waals surface area contributed by atoms with Crippen LogP contribution in [-0.2, 0) is 0 Å². The molecule has 1 saturated carbocycles. The summed E-state index contributed by atoms with van der Waals surface area (Å²) in [5, 5.41) is 16.4. The zero-order valence-electron chi connectivity index (χ0n) is 13.9. The van der Waals surface area contributed by atoms with Gasteiger partial charge in [0.05, 0.1) is 12.2 Å². The molecular formula is C23H14N3. The summed E-state index contributed by atoms with van der Waals surface area (Å²) in [5.74, 6) is 0. The second-order valence-corrected chi connectivity index (χ2v) is 6.66. The van der Waals surface area contributed by atoms with Gasteiger partial charge in [0.2, 0.25) is 0 Å². The zero-order chi connectivity index (χ0) is 17.1.